The standard InChI is InChI=1S/C12H17NO5S/c1-8(15)13-18-12(17)4-5-19-7-10-9(6-14)2-3-11(10)16/h14H,2-7H2,1H3,(H,13,15). The molecule has 2 N–H and O–H groups in total. The number of ketones is 1. The molecule has 0 aromatic heterocycles. The number of hydrogen-bond donors (Lipinski definition) is 2. The first-order valence-corrected chi connectivity index (χ1v) is 7.09. The van der Waals surface area contributed by atoms with E-state index in [1.54, 1.807) is 0 Å². The minimum absolute atomic E-state index is 0.0772. The fourth-order valence-electron chi connectivity index (χ4n) is 1.63. The van der Waals surface area contributed by atoms with Crippen molar-refractivity contribution >= 4 is 29.4 Å². The Balaban J connectivity index is 2.22. The molecule has 0 bridgehead atoms. The van der Waals surface area contributed by atoms with E-state index in [0.29, 0.717) is 29.9 Å². The van der Waals surface area contributed by atoms with E-state index in [1.807, 2.05) is 5.48 Å². The highest BCUT2D eigenvalue weighted by atomic mass is 32.2. The predicted octanol–water partition coefficient (Wildman–Crippen LogP) is 0.356. The summed E-state index contributed by atoms with van der Waals surface area (Å²) in [7, 11) is 0. The van der Waals surface area contributed by atoms with Crippen LogP contribution in [0.15, 0.2) is 11.1 Å². The van der Waals surface area contributed by atoms with E-state index in [9.17, 15) is 14.4 Å². The molecule has 0 saturated heterocycles. The van der Waals surface area contributed by atoms with Gasteiger partial charge in [0.05, 0.1) is 13.0 Å². The first-order chi connectivity index (χ1) is 9.04. The van der Waals surface area contributed by atoms with Crippen LogP contribution in [0.4, 0.5) is 0 Å². The molecule has 1 amide bonds. The van der Waals surface area contributed by atoms with Gasteiger partial charge in [0.25, 0.3) is 0 Å². The van der Waals surface area contributed by atoms with Crippen LogP contribution in [-0.2, 0) is 19.2 Å². The van der Waals surface area contributed by atoms with Crippen molar-refractivity contribution < 1.29 is 24.3 Å². The van der Waals surface area contributed by atoms with Crippen LogP contribution in [0.2, 0.25) is 0 Å². The second kappa shape index (κ2) is 7.96. The number of carbonyl (C=O) groups excluding carboxylic acids is 3. The summed E-state index contributed by atoms with van der Waals surface area (Å²) in [6, 6.07) is 0. The van der Waals surface area contributed by atoms with Gasteiger partial charge < -0.3 is 9.94 Å². The molecule has 6 nitrogen and oxygen atoms in total. The van der Waals surface area contributed by atoms with Gasteiger partial charge in [0, 0.05) is 30.4 Å². The maximum Gasteiger partial charge on any atom is 0.333 e. The van der Waals surface area contributed by atoms with Crippen molar-refractivity contribution in [3.63, 3.8) is 0 Å². The van der Waals surface area contributed by atoms with Crippen LogP contribution < -0.4 is 5.48 Å². The maximum atomic E-state index is 11.5. The molecule has 1 aliphatic carbocycles. The van der Waals surface area contributed by atoms with Gasteiger partial charge in [0.1, 0.15) is 0 Å². The molecule has 0 aromatic rings. The highest BCUT2D eigenvalue weighted by Crippen LogP contribution is 2.25. The predicted molar refractivity (Wildman–Crippen MR) is 70.2 cm³/mol. The number of hydrogen-bond acceptors (Lipinski definition) is 6. The van der Waals surface area contributed by atoms with Gasteiger partial charge in [-0.25, -0.2) is 4.79 Å². The second-order valence-electron chi connectivity index (χ2n) is 4.10. The molecule has 19 heavy (non-hydrogen) atoms. The number of carbonyl (C=O) groups is 3. The SMILES string of the molecule is CC(=O)NOC(=O)CCSCC1=C(CO)CCC1=O. The lowest BCUT2D eigenvalue weighted by atomic mass is 10.2. The number of hydroxylamine groups is 1. The monoisotopic (exact) mass is 287 g/mol. The molecule has 106 valence electrons. The third-order valence-corrected chi connectivity index (χ3v) is 3.60. The first-order valence-electron chi connectivity index (χ1n) is 5.93. The zero-order chi connectivity index (χ0) is 14.3. The number of nitrogens with one attached hydrogen (secondary N) is 1. The summed E-state index contributed by atoms with van der Waals surface area (Å²) in [6.45, 7) is 1.17. The van der Waals surface area contributed by atoms with Crippen molar-refractivity contribution in [2.45, 2.75) is 26.2 Å². The Hall–Kier alpha value is -1.34. The summed E-state index contributed by atoms with van der Waals surface area (Å²) in [5, 5.41) is 9.09. The lowest BCUT2D eigenvalue weighted by molar-refractivity contribution is -0.157. The summed E-state index contributed by atoms with van der Waals surface area (Å²) in [5.41, 5.74) is 3.44. The smallest absolute Gasteiger partial charge is 0.333 e. The third kappa shape index (κ3) is 5.44. The quantitative estimate of drug-likeness (QED) is 0.541. The van der Waals surface area contributed by atoms with Crippen LogP contribution in [0.25, 0.3) is 0 Å². The summed E-state index contributed by atoms with van der Waals surface area (Å²) in [5.74, 6) is 0.125. The maximum absolute atomic E-state index is 11.5. The van der Waals surface area contributed by atoms with Gasteiger partial charge in [-0.1, -0.05) is 0 Å². The van der Waals surface area contributed by atoms with E-state index >= 15 is 0 Å². The topological polar surface area (TPSA) is 92.7 Å². The number of Topliss-reactive ketones (excluding diaryl/α,β-unsaturated/α-hetero) is 1. The number of thioether (sulfide) groups is 1. The van der Waals surface area contributed by atoms with Crippen LogP contribution in [-0.4, -0.2) is 40.9 Å². The molecular weight excluding hydrogens is 270 g/mol. The van der Waals surface area contributed by atoms with Crippen molar-refractivity contribution in [2.75, 3.05) is 18.1 Å². The molecule has 0 heterocycles. The molecule has 0 atom stereocenters. The van der Waals surface area contributed by atoms with Crippen molar-refractivity contribution in [3.05, 3.63) is 11.1 Å². The Labute approximate surface area is 115 Å². The van der Waals surface area contributed by atoms with Crippen LogP contribution in [0.1, 0.15) is 26.2 Å². The third-order valence-electron chi connectivity index (χ3n) is 2.61. The van der Waals surface area contributed by atoms with Crippen molar-refractivity contribution in [3.8, 4) is 0 Å². The minimum Gasteiger partial charge on any atom is -0.392 e. The molecule has 0 radical (unpaired) electrons. The molecule has 0 unspecified atom stereocenters. The van der Waals surface area contributed by atoms with Crippen molar-refractivity contribution in [1.82, 2.24) is 5.48 Å². The molecule has 0 fully saturated rings. The summed E-state index contributed by atoms with van der Waals surface area (Å²) < 4.78 is 0. The van der Waals surface area contributed by atoms with Gasteiger partial charge >= 0.3 is 5.97 Å². The molecule has 1 aliphatic rings. The van der Waals surface area contributed by atoms with Crippen LogP contribution in [0.3, 0.4) is 0 Å². The van der Waals surface area contributed by atoms with Gasteiger partial charge in [0.2, 0.25) is 5.91 Å². The zero-order valence-corrected chi connectivity index (χ0v) is 11.5. The second-order valence-corrected chi connectivity index (χ2v) is 5.20. The van der Waals surface area contributed by atoms with Gasteiger partial charge in [-0.3, -0.25) is 9.59 Å². The van der Waals surface area contributed by atoms with Crippen LogP contribution in [0, 0.1) is 0 Å². The Kier molecular flexibility index (Phi) is 6.58. The average molecular weight is 287 g/mol. The first kappa shape index (κ1) is 15.7. The molecule has 0 saturated carbocycles. The highest BCUT2D eigenvalue weighted by Gasteiger charge is 2.21. The molecule has 0 aliphatic heterocycles. The summed E-state index contributed by atoms with van der Waals surface area (Å²) in [6.07, 6.45) is 1.26. The van der Waals surface area contributed by atoms with E-state index in [1.165, 1.54) is 18.7 Å². The molecular formula is C12H17NO5S. The summed E-state index contributed by atoms with van der Waals surface area (Å²) in [4.78, 5) is 37.7. The fraction of sp³-hybridized carbons (Fsp3) is 0.583. The van der Waals surface area contributed by atoms with E-state index < -0.39 is 11.9 Å². The molecule has 0 aromatic carbocycles. The lowest BCUT2D eigenvalue weighted by Crippen LogP contribution is -2.24. The van der Waals surface area contributed by atoms with Gasteiger partial charge in [0.15, 0.2) is 5.78 Å². The van der Waals surface area contributed by atoms with Crippen LogP contribution >= 0.6 is 11.8 Å². The number of amides is 1. The Morgan fingerprint density at radius 1 is 1.42 bits per heavy atom. The van der Waals surface area contributed by atoms with E-state index in [2.05, 4.69) is 4.84 Å². The highest BCUT2D eigenvalue weighted by molar-refractivity contribution is 7.99. The number of rotatable bonds is 6. The molecule has 0 spiro atoms. The largest absolute Gasteiger partial charge is 0.392 e. The molecule has 7 heteroatoms. The fourth-order valence-corrected chi connectivity index (χ4v) is 2.65. The Morgan fingerprint density at radius 2 is 2.16 bits per heavy atom. The minimum atomic E-state index is -0.517. The van der Waals surface area contributed by atoms with Crippen LogP contribution in [0.5, 0.6) is 0 Å². The lowest BCUT2D eigenvalue weighted by Gasteiger charge is -2.05. The van der Waals surface area contributed by atoms with Crippen molar-refractivity contribution in [1.29, 1.82) is 0 Å². The number of aliphatic hydroxyl groups is 1. The van der Waals surface area contributed by atoms with Gasteiger partial charge in [-0.2, -0.15) is 17.2 Å². The summed E-state index contributed by atoms with van der Waals surface area (Å²) >= 11 is 1.43. The number of aliphatic hydroxyl groups excluding tert-OH is 1. The Bertz CT molecular complexity index is 405. The Morgan fingerprint density at radius 3 is 2.79 bits per heavy atom. The van der Waals surface area contributed by atoms with E-state index in [0.717, 1.165) is 5.57 Å². The van der Waals surface area contributed by atoms with Gasteiger partial charge in [-0.15, -0.1) is 0 Å². The van der Waals surface area contributed by atoms with Crippen molar-refractivity contribution in [2.24, 2.45) is 0 Å². The normalized spacial score (nSPS) is 14.7. The van der Waals surface area contributed by atoms with E-state index in [4.69, 9.17) is 5.11 Å². The van der Waals surface area contributed by atoms with E-state index in [-0.39, 0.29) is 18.8 Å². The zero-order valence-electron chi connectivity index (χ0n) is 10.7. The van der Waals surface area contributed by atoms with Gasteiger partial charge in [-0.05, 0) is 12.0 Å². The average Bonchev–Trinajstić information content (AvgIpc) is 2.73. The molecule has 1 rings (SSSR count).